The molecule has 27 heavy (non-hydrogen) atoms. The number of hydrogen-bond acceptors (Lipinski definition) is 6. The minimum atomic E-state index is -3.73. The smallest absolute Gasteiger partial charge is 0.331 e. The molecule has 0 aromatic heterocycles. The van der Waals surface area contributed by atoms with Crippen molar-refractivity contribution >= 4 is 27.6 Å². The summed E-state index contributed by atoms with van der Waals surface area (Å²) in [5, 5.41) is 8.79. The van der Waals surface area contributed by atoms with Gasteiger partial charge in [0.2, 0.25) is 10.0 Å². The third-order valence-corrected chi connectivity index (χ3v) is 5.71. The first kappa shape index (κ1) is 20.7. The number of ether oxygens (including phenoxy) is 1. The molecule has 0 spiro atoms. The first-order valence-corrected chi connectivity index (χ1v) is 9.71. The molecule has 0 N–H and O–H groups in total. The average molecular weight is 394 g/mol. The largest absolute Gasteiger partial charge is 0.477 e. The van der Waals surface area contributed by atoms with E-state index >= 15 is 0 Å². The molecule has 0 bridgehead atoms. The minimum absolute atomic E-state index is 0.0406. The zero-order chi connectivity index (χ0) is 20.4. The van der Waals surface area contributed by atoms with Gasteiger partial charge in [0, 0.05) is 26.7 Å². The monoisotopic (exact) mass is 394 g/mol. The number of hydrogen-bond donors (Lipinski definition) is 0. The molecular weight excluding hydrogens is 372 g/mol. The van der Waals surface area contributed by atoms with Gasteiger partial charge >= 0.3 is 6.03 Å². The Labute approximate surface area is 158 Å². The van der Waals surface area contributed by atoms with Crippen molar-refractivity contribution in [1.29, 1.82) is 5.26 Å². The Balaban J connectivity index is 2.46. The molecule has 1 saturated heterocycles. The highest BCUT2D eigenvalue weighted by Gasteiger charge is 2.38. The number of imide groups is 1. The van der Waals surface area contributed by atoms with Crippen LogP contribution in [0, 0.1) is 17.2 Å². The molecule has 2 rings (SSSR count). The lowest BCUT2D eigenvalue weighted by Gasteiger charge is -2.21. The highest BCUT2D eigenvalue weighted by Crippen LogP contribution is 2.34. The van der Waals surface area contributed by atoms with E-state index in [1.165, 1.54) is 37.2 Å². The van der Waals surface area contributed by atoms with Crippen molar-refractivity contribution in [2.45, 2.75) is 18.7 Å². The van der Waals surface area contributed by atoms with Crippen LogP contribution in [0.3, 0.4) is 0 Å². The van der Waals surface area contributed by atoms with Gasteiger partial charge < -0.3 is 4.74 Å². The second-order valence-corrected chi connectivity index (χ2v) is 8.78. The maximum absolute atomic E-state index is 12.7. The second-order valence-electron chi connectivity index (χ2n) is 6.63. The maximum Gasteiger partial charge on any atom is 0.331 e. The summed E-state index contributed by atoms with van der Waals surface area (Å²) in [5.41, 5.74) is 0.243. The normalized spacial score (nSPS) is 15.0. The van der Waals surface area contributed by atoms with Gasteiger partial charge in [0.05, 0.1) is 10.6 Å². The number of amides is 3. The summed E-state index contributed by atoms with van der Waals surface area (Å²) in [6, 6.07) is 5.31. The van der Waals surface area contributed by atoms with E-state index in [1.807, 2.05) is 13.8 Å². The third kappa shape index (κ3) is 4.20. The summed E-state index contributed by atoms with van der Waals surface area (Å²) < 4.78 is 31.1. The minimum Gasteiger partial charge on any atom is -0.477 e. The Bertz CT molecular complexity index is 889. The summed E-state index contributed by atoms with van der Waals surface area (Å²) in [4.78, 5) is 27.2. The van der Waals surface area contributed by atoms with E-state index in [4.69, 9.17) is 10.00 Å². The van der Waals surface area contributed by atoms with E-state index in [-0.39, 0.29) is 47.9 Å². The number of sulfonamides is 1. The Morgan fingerprint density at radius 3 is 2.52 bits per heavy atom. The zero-order valence-electron chi connectivity index (χ0n) is 15.7. The van der Waals surface area contributed by atoms with Crippen LogP contribution in [0.5, 0.6) is 5.75 Å². The average Bonchev–Trinajstić information content (AvgIpc) is 2.87. The second kappa shape index (κ2) is 7.94. The Morgan fingerprint density at radius 2 is 1.96 bits per heavy atom. The number of rotatable bonds is 7. The van der Waals surface area contributed by atoms with Crippen molar-refractivity contribution in [1.82, 2.24) is 9.21 Å². The molecule has 3 amide bonds. The number of urea groups is 1. The summed E-state index contributed by atoms with van der Waals surface area (Å²) in [5.74, 6) is -0.184. The number of anilines is 1. The lowest BCUT2D eigenvalue weighted by Crippen LogP contribution is -2.35. The molecule has 9 nitrogen and oxygen atoms in total. The first-order valence-electron chi connectivity index (χ1n) is 8.27. The van der Waals surface area contributed by atoms with Gasteiger partial charge in [-0.3, -0.25) is 14.6 Å². The van der Waals surface area contributed by atoms with Crippen molar-refractivity contribution in [2.75, 3.05) is 38.7 Å². The quantitative estimate of drug-likeness (QED) is 0.644. The van der Waals surface area contributed by atoms with E-state index in [0.717, 1.165) is 9.21 Å². The number of nitriles is 1. The molecule has 0 saturated carbocycles. The predicted octanol–water partition coefficient (Wildman–Crippen LogP) is 1.26. The highest BCUT2D eigenvalue weighted by molar-refractivity contribution is 7.89. The maximum atomic E-state index is 12.7. The van der Waals surface area contributed by atoms with Gasteiger partial charge in [-0.05, 0) is 18.1 Å². The van der Waals surface area contributed by atoms with Gasteiger partial charge in [-0.15, -0.1) is 0 Å². The summed E-state index contributed by atoms with van der Waals surface area (Å²) >= 11 is 0. The van der Waals surface area contributed by atoms with Gasteiger partial charge in [0.1, 0.15) is 18.4 Å². The van der Waals surface area contributed by atoms with Crippen LogP contribution < -0.4 is 9.64 Å². The van der Waals surface area contributed by atoms with E-state index in [9.17, 15) is 18.0 Å². The van der Waals surface area contributed by atoms with E-state index in [0.29, 0.717) is 0 Å². The highest BCUT2D eigenvalue weighted by atomic mass is 32.2. The van der Waals surface area contributed by atoms with Crippen LogP contribution in [0.15, 0.2) is 23.1 Å². The molecule has 1 aromatic rings. The number of nitrogens with zero attached hydrogens (tertiary/aromatic N) is 4. The lowest BCUT2D eigenvalue weighted by atomic mass is 10.2. The van der Waals surface area contributed by atoms with Crippen molar-refractivity contribution in [3.8, 4) is 11.8 Å². The van der Waals surface area contributed by atoms with Crippen LogP contribution in [-0.4, -0.2) is 63.4 Å². The van der Waals surface area contributed by atoms with Gasteiger partial charge in [0.25, 0.3) is 5.91 Å². The Hall–Kier alpha value is -2.64. The number of benzene rings is 1. The summed E-state index contributed by atoms with van der Waals surface area (Å²) in [6.45, 7) is 3.57. The molecule has 0 atom stereocenters. The third-order valence-electron chi connectivity index (χ3n) is 3.90. The van der Waals surface area contributed by atoms with Gasteiger partial charge in [-0.2, -0.15) is 5.26 Å². The molecular formula is C17H22N4O5S. The standard InChI is InChI=1S/C17H22N4O5S/c1-12(2)10-21-16(22)11-20(17(21)23)14-6-5-13(27(24,25)19(3)4)9-15(14)26-8-7-18/h5-6,9,12H,8,10-11H2,1-4H3. The van der Waals surface area contributed by atoms with Crippen molar-refractivity contribution in [3.05, 3.63) is 18.2 Å². The topological polar surface area (TPSA) is 111 Å². The van der Waals surface area contributed by atoms with Crippen LogP contribution in [0.1, 0.15) is 13.8 Å². The van der Waals surface area contributed by atoms with Crippen molar-refractivity contribution in [2.24, 2.45) is 5.92 Å². The lowest BCUT2D eigenvalue weighted by molar-refractivity contribution is -0.125. The molecule has 1 aliphatic rings. The fourth-order valence-corrected chi connectivity index (χ4v) is 3.51. The molecule has 1 aromatic carbocycles. The molecule has 1 aliphatic heterocycles. The van der Waals surface area contributed by atoms with Crippen LogP contribution in [0.2, 0.25) is 0 Å². The van der Waals surface area contributed by atoms with Crippen molar-refractivity contribution < 1.29 is 22.7 Å². The first-order chi connectivity index (χ1) is 12.6. The SMILES string of the molecule is CC(C)CN1C(=O)CN(c2ccc(S(=O)(=O)N(C)C)cc2OCC#N)C1=O. The van der Waals surface area contributed by atoms with Gasteiger partial charge in [-0.25, -0.2) is 17.5 Å². The molecule has 146 valence electrons. The summed E-state index contributed by atoms with van der Waals surface area (Å²) in [6.07, 6.45) is 0. The zero-order valence-corrected chi connectivity index (χ0v) is 16.5. The molecule has 1 fully saturated rings. The molecule has 1 heterocycles. The molecule has 0 aliphatic carbocycles. The van der Waals surface area contributed by atoms with Crippen LogP contribution in [-0.2, 0) is 14.8 Å². The van der Waals surface area contributed by atoms with E-state index < -0.39 is 16.1 Å². The molecule has 10 heteroatoms. The fourth-order valence-electron chi connectivity index (χ4n) is 2.59. The van der Waals surface area contributed by atoms with Crippen LogP contribution in [0.4, 0.5) is 10.5 Å². The van der Waals surface area contributed by atoms with E-state index in [2.05, 4.69) is 0 Å². The number of carbonyl (C=O) groups is 2. The Morgan fingerprint density at radius 1 is 1.30 bits per heavy atom. The number of carbonyl (C=O) groups excluding carboxylic acids is 2. The molecule has 0 unspecified atom stereocenters. The van der Waals surface area contributed by atoms with Gasteiger partial charge in [0.15, 0.2) is 6.61 Å². The summed E-state index contributed by atoms with van der Waals surface area (Å²) in [7, 11) is -0.937. The van der Waals surface area contributed by atoms with Gasteiger partial charge in [-0.1, -0.05) is 13.8 Å². The Kier molecular flexibility index (Phi) is 6.08. The predicted molar refractivity (Wildman–Crippen MR) is 97.7 cm³/mol. The van der Waals surface area contributed by atoms with Crippen molar-refractivity contribution in [3.63, 3.8) is 0 Å². The van der Waals surface area contributed by atoms with Crippen LogP contribution >= 0.6 is 0 Å². The van der Waals surface area contributed by atoms with Crippen LogP contribution in [0.25, 0.3) is 0 Å². The van der Waals surface area contributed by atoms with E-state index in [1.54, 1.807) is 6.07 Å². The fraction of sp³-hybridized carbons (Fsp3) is 0.471. The molecule has 0 radical (unpaired) electrons.